The Morgan fingerprint density at radius 2 is 1.59 bits per heavy atom. The van der Waals surface area contributed by atoms with Crippen molar-refractivity contribution in [1.29, 1.82) is 0 Å². The molecule has 1 aliphatic rings. The fourth-order valence-electron chi connectivity index (χ4n) is 4.04. The van der Waals surface area contributed by atoms with Crippen LogP contribution >= 0.6 is 0 Å². The van der Waals surface area contributed by atoms with Gasteiger partial charge in [-0.05, 0) is 30.0 Å². The van der Waals surface area contributed by atoms with Crippen molar-refractivity contribution in [1.82, 2.24) is 15.3 Å². The first-order valence-electron chi connectivity index (χ1n) is 10.2. The third-order valence-electron chi connectivity index (χ3n) is 5.51. The molecule has 148 valence electrons. The lowest BCUT2D eigenvalue weighted by Crippen LogP contribution is -2.41. The molecule has 1 atom stereocenters. The van der Waals surface area contributed by atoms with Gasteiger partial charge in [0.05, 0.1) is 0 Å². The van der Waals surface area contributed by atoms with Crippen molar-refractivity contribution in [2.24, 2.45) is 0 Å². The summed E-state index contributed by atoms with van der Waals surface area (Å²) in [7, 11) is 0. The molecular weight excluding hydrogens is 360 g/mol. The van der Waals surface area contributed by atoms with Gasteiger partial charge in [0.15, 0.2) is 0 Å². The van der Waals surface area contributed by atoms with Gasteiger partial charge < -0.3 is 10.2 Å². The van der Waals surface area contributed by atoms with Crippen molar-refractivity contribution in [3.8, 4) is 0 Å². The van der Waals surface area contributed by atoms with Gasteiger partial charge in [-0.2, -0.15) is 0 Å². The highest BCUT2D eigenvalue weighted by molar-refractivity contribution is 5.77. The normalized spacial score (nSPS) is 16.2. The highest BCUT2D eigenvalue weighted by atomic mass is 16.1. The summed E-state index contributed by atoms with van der Waals surface area (Å²) < 4.78 is 0. The van der Waals surface area contributed by atoms with Gasteiger partial charge in [-0.25, -0.2) is 9.97 Å². The van der Waals surface area contributed by atoms with Gasteiger partial charge in [0, 0.05) is 43.9 Å². The Hall–Kier alpha value is -3.21. The maximum atomic E-state index is 12.8. The quantitative estimate of drug-likeness (QED) is 0.671. The number of aromatic nitrogens is 2. The molecular formula is C24H26N4O. The van der Waals surface area contributed by atoms with Crippen molar-refractivity contribution in [2.75, 3.05) is 18.0 Å². The number of nitrogens with zero attached hydrogens (tertiary/aromatic N) is 3. The number of amides is 1. The summed E-state index contributed by atoms with van der Waals surface area (Å²) in [5.74, 6) is 0.869. The highest BCUT2D eigenvalue weighted by Gasteiger charge is 2.27. The van der Waals surface area contributed by atoms with Crippen molar-refractivity contribution < 1.29 is 4.79 Å². The summed E-state index contributed by atoms with van der Waals surface area (Å²) in [6.07, 6.45) is 6.10. The zero-order valence-corrected chi connectivity index (χ0v) is 16.4. The van der Waals surface area contributed by atoms with Crippen LogP contribution in [0.3, 0.4) is 0 Å². The molecule has 1 amide bonds. The van der Waals surface area contributed by atoms with Crippen LogP contribution in [0.1, 0.15) is 36.3 Å². The predicted molar refractivity (Wildman–Crippen MR) is 115 cm³/mol. The Balaban J connectivity index is 1.41. The molecule has 0 saturated carbocycles. The lowest BCUT2D eigenvalue weighted by molar-refractivity contribution is -0.121. The molecule has 2 aromatic carbocycles. The second-order valence-electron chi connectivity index (χ2n) is 7.42. The number of carbonyl (C=O) groups excluding carboxylic acids is 1. The van der Waals surface area contributed by atoms with E-state index in [-0.39, 0.29) is 17.9 Å². The maximum absolute atomic E-state index is 12.8. The summed E-state index contributed by atoms with van der Waals surface area (Å²) >= 11 is 0. The Morgan fingerprint density at radius 3 is 2.21 bits per heavy atom. The van der Waals surface area contributed by atoms with Crippen molar-refractivity contribution in [3.05, 3.63) is 90.3 Å². The minimum Gasteiger partial charge on any atom is -0.354 e. The minimum atomic E-state index is 0.0505. The molecule has 0 spiro atoms. The predicted octanol–water partition coefficient (Wildman–Crippen LogP) is 3.78. The smallest absolute Gasteiger partial charge is 0.225 e. The molecule has 5 nitrogen and oxygen atoms in total. The second kappa shape index (κ2) is 9.32. The van der Waals surface area contributed by atoms with Crippen LogP contribution in [0.4, 0.5) is 5.95 Å². The molecule has 29 heavy (non-hydrogen) atoms. The molecule has 2 heterocycles. The van der Waals surface area contributed by atoms with Gasteiger partial charge >= 0.3 is 0 Å². The summed E-state index contributed by atoms with van der Waals surface area (Å²) in [5.41, 5.74) is 2.32. The molecule has 1 unspecified atom stereocenters. The number of hydrogen-bond donors (Lipinski definition) is 1. The summed E-state index contributed by atoms with van der Waals surface area (Å²) in [6, 6.07) is 22.6. The van der Waals surface area contributed by atoms with Gasteiger partial charge in [-0.15, -0.1) is 0 Å². The van der Waals surface area contributed by atoms with E-state index in [0.717, 1.165) is 36.5 Å². The number of nitrogens with one attached hydrogen (secondary N) is 1. The fourth-order valence-corrected chi connectivity index (χ4v) is 4.04. The molecule has 0 aliphatic carbocycles. The number of rotatable bonds is 7. The molecule has 5 heteroatoms. The number of anilines is 1. The van der Waals surface area contributed by atoms with Gasteiger partial charge in [0.1, 0.15) is 0 Å². The van der Waals surface area contributed by atoms with Gasteiger partial charge in [0.25, 0.3) is 0 Å². The van der Waals surface area contributed by atoms with E-state index in [9.17, 15) is 4.79 Å². The van der Waals surface area contributed by atoms with Crippen LogP contribution in [0.15, 0.2) is 79.1 Å². The van der Waals surface area contributed by atoms with Crippen LogP contribution in [-0.4, -0.2) is 35.0 Å². The van der Waals surface area contributed by atoms with Crippen LogP contribution in [0.5, 0.6) is 0 Å². The van der Waals surface area contributed by atoms with Gasteiger partial charge in [0.2, 0.25) is 11.9 Å². The molecule has 4 rings (SSSR count). The molecule has 0 radical (unpaired) electrons. The molecule has 1 aromatic heterocycles. The van der Waals surface area contributed by atoms with Crippen molar-refractivity contribution >= 4 is 11.9 Å². The number of benzene rings is 2. The van der Waals surface area contributed by atoms with E-state index in [2.05, 4.69) is 44.5 Å². The van der Waals surface area contributed by atoms with Gasteiger partial charge in [-0.3, -0.25) is 4.79 Å². The van der Waals surface area contributed by atoms with Crippen LogP contribution in [-0.2, 0) is 4.79 Å². The van der Waals surface area contributed by atoms with Gasteiger partial charge in [-0.1, -0.05) is 60.7 Å². The van der Waals surface area contributed by atoms with Crippen molar-refractivity contribution in [3.63, 3.8) is 0 Å². The minimum absolute atomic E-state index is 0.0505. The van der Waals surface area contributed by atoms with E-state index < -0.39 is 0 Å². The van der Waals surface area contributed by atoms with Crippen LogP contribution in [0, 0.1) is 0 Å². The van der Waals surface area contributed by atoms with E-state index >= 15 is 0 Å². The summed E-state index contributed by atoms with van der Waals surface area (Å²) in [6.45, 7) is 1.55. The zero-order valence-electron chi connectivity index (χ0n) is 16.4. The first-order valence-corrected chi connectivity index (χ1v) is 10.2. The SMILES string of the molecule is O=C(CC(c1ccccc1)c1ccccc1)NCC1CCCN1c1ncccn1. The zero-order chi connectivity index (χ0) is 19.9. The Morgan fingerprint density at radius 1 is 0.966 bits per heavy atom. The monoisotopic (exact) mass is 386 g/mol. The van der Waals surface area contributed by atoms with Crippen LogP contribution in [0.25, 0.3) is 0 Å². The average Bonchev–Trinajstić information content (AvgIpc) is 3.26. The maximum Gasteiger partial charge on any atom is 0.225 e. The summed E-state index contributed by atoms with van der Waals surface area (Å²) in [5, 5.41) is 3.16. The molecule has 1 aliphatic heterocycles. The first kappa shape index (κ1) is 19.1. The van der Waals surface area contributed by atoms with E-state index in [4.69, 9.17) is 0 Å². The van der Waals surface area contributed by atoms with E-state index in [0.29, 0.717) is 13.0 Å². The molecule has 1 saturated heterocycles. The fraction of sp³-hybridized carbons (Fsp3) is 0.292. The van der Waals surface area contributed by atoms with E-state index in [1.807, 2.05) is 42.5 Å². The standard InChI is InChI=1S/C24H26N4O/c29-23(27-18-21-13-7-16-28(21)24-25-14-8-15-26-24)17-22(19-9-3-1-4-10-19)20-11-5-2-6-12-20/h1-6,8-12,14-15,21-22H,7,13,16-18H2,(H,27,29). The Labute approximate surface area is 171 Å². The van der Waals surface area contributed by atoms with Crippen LogP contribution in [0.2, 0.25) is 0 Å². The summed E-state index contributed by atoms with van der Waals surface area (Å²) in [4.78, 5) is 23.8. The second-order valence-corrected chi connectivity index (χ2v) is 7.42. The van der Waals surface area contributed by atoms with Crippen LogP contribution < -0.4 is 10.2 Å². The third-order valence-corrected chi connectivity index (χ3v) is 5.51. The van der Waals surface area contributed by atoms with E-state index in [1.54, 1.807) is 12.4 Å². The average molecular weight is 386 g/mol. The first-order chi connectivity index (χ1) is 14.3. The number of carbonyl (C=O) groups is 1. The number of hydrogen-bond acceptors (Lipinski definition) is 4. The Kier molecular flexibility index (Phi) is 6.15. The third kappa shape index (κ3) is 4.80. The largest absolute Gasteiger partial charge is 0.354 e. The topological polar surface area (TPSA) is 58.1 Å². The lowest BCUT2D eigenvalue weighted by Gasteiger charge is -2.25. The molecule has 3 aromatic rings. The van der Waals surface area contributed by atoms with Crippen molar-refractivity contribution in [2.45, 2.75) is 31.2 Å². The lowest BCUT2D eigenvalue weighted by atomic mass is 9.88. The molecule has 0 bridgehead atoms. The molecule has 1 fully saturated rings. The van der Waals surface area contributed by atoms with E-state index in [1.165, 1.54) is 0 Å². The highest BCUT2D eigenvalue weighted by Crippen LogP contribution is 2.28. The molecule has 1 N–H and O–H groups in total. The Bertz CT molecular complexity index is 862.